The molecule has 0 aromatic carbocycles. The van der Waals surface area contributed by atoms with Gasteiger partial charge in [-0.2, -0.15) is 0 Å². The van der Waals surface area contributed by atoms with Crippen molar-refractivity contribution in [3.05, 3.63) is 0 Å². The van der Waals surface area contributed by atoms with Crippen molar-refractivity contribution in [1.82, 2.24) is 20.0 Å². The van der Waals surface area contributed by atoms with Gasteiger partial charge in [-0.3, -0.25) is 14.4 Å². The van der Waals surface area contributed by atoms with Crippen LogP contribution in [0.2, 0.25) is 0 Å². The third-order valence-corrected chi connectivity index (χ3v) is 5.72. The second-order valence-electron chi connectivity index (χ2n) is 8.20. The molecule has 2 saturated heterocycles. The van der Waals surface area contributed by atoms with Gasteiger partial charge in [0.25, 0.3) is 0 Å². The zero-order chi connectivity index (χ0) is 20.0. The van der Waals surface area contributed by atoms with Crippen molar-refractivity contribution in [2.75, 3.05) is 52.9 Å². The highest BCUT2D eigenvalue weighted by Gasteiger charge is 2.27. The number of likely N-dealkylation sites (N-methyl/N-ethyl adjacent to an activating group) is 1. The summed E-state index contributed by atoms with van der Waals surface area (Å²) in [6.07, 6.45) is 2.25. The van der Waals surface area contributed by atoms with Crippen molar-refractivity contribution in [2.45, 2.75) is 39.2 Å². The van der Waals surface area contributed by atoms with Crippen molar-refractivity contribution in [3.8, 4) is 0 Å². The SMILES string of the molecule is CC(C)[C@H](N)C(=O)NCC(=O)N1CCC(CC(=O)N2CCN(C)CC2)CC1. The van der Waals surface area contributed by atoms with Crippen LogP contribution in [-0.2, 0) is 14.4 Å². The Labute approximate surface area is 162 Å². The molecule has 2 aliphatic rings. The highest BCUT2D eigenvalue weighted by Crippen LogP contribution is 2.21. The quantitative estimate of drug-likeness (QED) is 0.646. The Kier molecular flexibility index (Phi) is 8.04. The van der Waals surface area contributed by atoms with Crippen LogP contribution in [0.15, 0.2) is 0 Å². The molecule has 0 aromatic rings. The largest absolute Gasteiger partial charge is 0.346 e. The molecule has 3 N–H and O–H groups in total. The zero-order valence-corrected chi connectivity index (χ0v) is 16.9. The van der Waals surface area contributed by atoms with Gasteiger partial charge in [0, 0.05) is 45.7 Å². The highest BCUT2D eigenvalue weighted by molar-refractivity contribution is 5.87. The van der Waals surface area contributed by atoms with Gasteiger partial charge < -0.3 is 25.8 Å². The van der Waals surface area contributed by atoms with Crippen LogP contribution in [0.25, 0.3) is 0 Å². The number of likely N-dealkylation sites (tertiary alicyclic amines) is 1. The number of carbonyl (C=O) groups excluding carboxylic acids is 3. The monoisotopic (exact) mass is 381 g/mol. The normalized spacial score (nSPS) is 20.6. The molecule has 2 rings (SSSR count). The molecule has 3 amide bonds. The van der Waals surface area contributed by atoms with E-state index in [0.29, 0.717) is 25.4 Å². The predicted molar refractivity (Wildman–Crippen MR) is 104 cm³/mol. The molecule has 2 heterocycles. The van der Waals surface area contributed by atoms with E-state index in [1.807, 2.05) is 18.7 Å². The standard InChI is InChI=1S/C19H35N5O3/c1-14(2)18(20)19(27)21-13-17(26)23-6-4-15(5-7-23)12-16(25)24-10-8-22(3)9-11-24/h14-15,18H,4-13,20H2,1-3H3,(H,21,27)/t18-/m0/s1. The van der Waals surface area contributed by atoms with Crippen LogP contribution in [-0.4, -0.2) is 91.3 Å². The molecule has 27 heavy (non-hydrogen) atoms. The third kappa shape index (κ3) is 6.46. The molecule has 0 spiro atoms. The summed E-state index contributed by atoms with van der Waals surface area (Å²) in [5.74, 6) is 0.246. The lowest BCUT2D eigenvalue weighted by atomic mass is 9.92. The zero-order valence-electron chi connectivity index (χ0n) is 16.9. The lowest BCUT2D eigenvalue weighted by Gasteiger charge is -2.35. The minimum Gasteiger partial charge on any atom is -0.346 e. The van der Waals surface area contributed by atoms with E-state index in [9.17, 15) is 14.4 Å². The smallest absolute Gasteiger partial charge is 0.241 e. The van der Waals surface area contributed by atoms with Crippen LogP contribution in [0.3, 0.4) is 0 Å². The summed E-state index contributed by atoms with van der Waals surface area (Å²) in [6.45, 7) is 8.52. The first-order valence-corrected chi connectivity index (χ1v) is 10.0. The van der Waals surface area contributed by atoms with E-state index >= 15 is 0 Å². The summed E-state index contributed by atoms with van der Waals surface area (Å²) < 4.78 is 0. The topological polar surface area (TPSA) is 99.0 Å². The van der Waals surface area contributed by atoms with Crippen molar-refractivity contribution in [1.29, 1.82) is 0 Å². The van der Waals surface area contributed by atoms with Crippen molar-refractivity contribution in [3.63, 3.8) is 0 Å². The first-order chi connectivity index (χ1) is 12.8. The van der Waals surface area contributed by atoms with Crippen LogP contribution in [0, 0.1) is 11.8 Å². The van der Waals surface area contributed by atoms with E-state index < -0.39 is 6.04 Å². The number of piperazine rings is 1. The minimum atomic E-state index is -0.593. The van der Waals surface area contributed by atoms with Crippen molar-refractivity contribution >= 4 is 17.7 Å². The van der Waals surface area contributed by atoms with Crippen molar-refractivity contribution in [2.24, 2.45) is 17.6 Å². The van der Waals surface area contributed by atoms with E-state index in [1.54, 1.807) is 4.90 Å². The van der Waals surface area contributed by atoms with Gasteiger partial charge >= 0.3 is 0 Å². The van der Waals surface area contributed by atoms with Crippen LogP contribution in [0.1, 0.15) is 33.1 Å². The Morgan fingerprint density at radius 3 is 2.07 bits per heavy atom. The summed E-state index contributed by atoms with van der Waals surface area (Å²) in [5.41, 5.74) is 5.78. The number of amides is 3. The van der Waals surface area contributed by atoms with E-state index in [-0.39, 0.29) is 30.2 Å². The first kappa shape index (κ1) is 21.6. The number of rotatable bonds is 6. The number of carbonyl (C=O) groups is 3. The molecule has 2 aliphatic heterocycles. The highest BCUT2D eigenvalue weighted by atomic mass is 16.2. The molecular weight excluding hydrogens is 346 g/mol. The first-order valence-electron chi connectivity index (χ1n) is 10.0. The Hall–Kier alpha value is -1.67. The Morgan fingerprint density at radius 1 is 0.963 bits per heavy atom. The molecule has 2 fully saturated rings. The van der Waals surface area contributed by atoms with E-state index in [2.05, 4.69) is 17.3 Å². The second-order valence-corrected chi connectivity index (χ2v) is 8.20. The lowest BCUT2D eigenvalue weighted by Crippen LogP contribution is -2.49. The maximum Gasteiger partial charge on any atom is 0.241 e. The second kappa shape index (κ2) is 10.0. The average molecular weight is 382 g/mol. The third-order valence-electron chi connectivity index (χ3n) is 5.72. The van der Waals surface area contributed by atoms with Crippen LogP contribution in [0.4, 0.5) is 0 Å². The number of nitrogens with one attached hydrogen (secondary N) is 1. The summed E-state index contributed by atoms with van der Waals surface area (Å²) in [7, 11) is 2.08. The molecule has 0 bridgehead atoms. The van der Waals surface area contributed by atoms with E-state index in [0.717, 1.165) is 39.0 Å². The lowest BCUT2D eigenvalue weighted by molar-refractivity contribution is -0.136. The fraction of sp³-hybridized carbons (Fsp3) is 0.842. The summed E-state index contributed by atoms with van der Waals surface area (Å²) in [6, 6.07) is -0.593. The number of piperidine rings is 1. The van der Waals surface area contributed by atoms with Gasteiger partial charge in [0.1, 0.15) is 0 Å². The molecule has 154 valence electrons. The molecule has 0 saturated carbocycles. The Morgan fingerprint density at radius 2 is 1.52 bits per heavy atom. The van der Waals surface area contributed by atoms with Gasteiger partial charge in [-0.05, 0) is 31.7 Å². The van der Waals surface area contributed by atoms with Crippen molar-refractivity contribution < 1.29 is 14.4 Å². The summed E-state index contributed by atoms with van der Waals surface area (Å²) in [5, 5.41) is 2.63. The number of nitrogens with zero attached hydrogens (tertiary/aromatic N) is 3. The number of hydrogen-bond acceptors (Lipinski definition) is 5. The molecule has 0 aliphatic carbocycles. The average Bonchev–Trinajstić information content (AvgIpc) is 2.66. The fourth-order valence-corrected chi connectivity index (χ4v) is 3.51. The van der Waals surface area contributed by atoms with Crippen LogP contribution < -0.4 is 11.1 Å². The predicted octanol–water partition coefficient (Wildman–Crippen LogP) is -0.511. The Balaban J connectivity index is 1.68. The fourth-order valence-electron chi connectivity index (χ4n) is 3.51. The van der Waals surface area contributed by atoms with Gasteiger partial charge in [-0.1, -0.05) is 13.8 Å². The molecule has 1 atom stereocenters. The van der Waals surface area contributed by atoms with Gasteiger partial charge in [-0.25, -0.2) is 0 Å². The number of nitrogens with two attached hydrogens (primary N) is 1. The Bertz CT molecular complexity index is 523. The van der Waals surface area contributed by atoms with Gasteiger partial charge in [0.05, 0.1) is 12.6 Å². The molecule has 0 radical (unpaired) electrons. The number of hydrogen-bond donors (Lipinski definition) is 2. The summed E-state index contributed by atoms with van der Waals surface area (Å²) in [4.78, 5) is 42.6. The van der Waals surface area contributed by atoms with Gasteiger partial charge in [0.15, 0.2) is 0 Å². The van der Waals surface area contributed by atoms with Gasteiger partial charge in [0.2, 0.25) is 17.7 Å². The maximum absolute atomic E-state index is 12.5. The summed E-state index contributed by atoms with van der Waals surface area (Å²) >= 11 is 0. The molecule has 0 unspecified atom stereocenters. The van der Waals surface area contributed by atoms with Crippen LogP contribution >= 0.6 is 0 Å². The minimum absolute atomic E-state index is 0.00978. The van der Waals surface area contributed by atoms with E-state index in [1.165, 1.54) is 0 Å². The molecule has 0 aromatic heterocycles. The molecule has 8 heteroatoms. The molecular formula is C19H35N5O3. The maximum atomic E-state index is 12.5. The van der Waals surface area contributed by atoms with Crippen LogP contribution in [0.5, 0.6) is 0 Å². The van der Waals surface area contributed by atoms with E-state index in [4.69, 9.17) is 5.73 Å². The molecule has 8 nitrogen and oxygen atoms in total. The van der Waals surface area contributed by atoms with Gasteiger partial charge in [-0.15, -0.1) is 0 Å².